The number of anilines is 1. The number of hydrogen-bond donors (Lipinski definition) is 1. The van der Waals surface area contributed by atoms with E-state index < -0.39 is 0 Å². The normalized spacial score (nSPS) is 16.0. The lowest BCUT2D eigenvalue weighted by Crippen LogP contribution is -2.32. The molecule has 1 amide bonds. The molecule has 0 spiro atoms. The van der Waals surface area contributed by atoms with E-state index in [1.54, 1.807) is 6.20 Å². The Labute approximate surface area is 145 Å². The maximum Gasteiger partial charge on any atom is 0.231 e. The van der Waals surface area contributed by atoms with Gasteiger partial charge in [-0.2, -0.15) is 0 Å². The minimum absolute atomic E-state index is 0.0266. The number of fused-ring (bicyclic) bond motifs is 1. The molecule has 0 unspecified atom stereocenters. The summed E-state index contributed by atoms with van der Waals surface area (Å²) in [5.74, 6) is 1.37. The summed E-state index contributed by atoms with van der Waals surface area (Å²) in [7, 11) is 0. The highest BCUT2D eigenvalue weighted by Crippen LogP contribution is 2.29. The second kappa shape index (κ2) is 6.43. The zero-order valence-corrected chi connectivity index (χ0v) is 13.9. The molecule has 0 saturated carbocycles. The lowest BCUT2D eigenvalue weighted by atomic mass is 9.96. The topological polar surface area (TPSA) is 64.4 Å². The summed E-state index contributed by atoms with van der Waals surface area (Å²) in [6.07, 6.45) is 3.78. The van der Waals surface area contributed by atoms with Gasteiger partial charge in [-0.05, 0) is 48.7 Å². The van der Waals surface area contributed by atoms with Crippen LogP contribution in [0, 0.1) is 12.8 Å². The highest BCUT2D eigenvalue weighted by molar-refractivity contribution is 5.93. The first-order valence-electron chi connectivity index (χ1n) is 8.22. The fraction of sp³-hybridized carbons (Fsp3) is 0.200. The number of carbonyl (C=O) groups excluding carboxylic acids is 1. The Morgan fingerprint density at radius 3 is 2.92 bits per heavy atom. The van der Waals surface area contributed by atoms with Crippen molar-refractivity contribution in [2.45, 2.75) is 13.3 Å². The smallest absolute Gasteiger partial charge is 0.231 e. The molecule has 0 radical (unpaired) electrons. The van der Waals surface area contributed by atoms with Gasteiger partial charge in [-0.3, -0.25) is 4.79 Å². The standard InChI is InChI=1S/C20H18N2O3/c1-13-8-16(6-7-17(13)19-10-21-12-25-19)22-20(23)15-9-14-4-2-3-5-18(14)24-11-15/h2-8,10,12,15H,9,11H2,1H3,(H,22,23)/t15-/m1/s1. The third-order valence-corrected chi connectivity index (χ3v) is 4.44. The molecule has 1 N–H and O–H groups in total. The average molecular weight is 334 g/mol. The van der Waals surface area contributed by atoms with Gasteiger partial charge in [0.1, 0.15) is 12.4 Å². The van der Waals surface area contributed by atoms with Gasteiger partial charge in [0.2, 0.25) is 5.91 Å². The number of oxazole rings is 1. The van der Waals surface area contributed by atoms with E-state index in [2.05, 4.69) is 10.3 Å². The number of para-hydroxylation sites is 1. The summed E-state index contributed by atoms with van der Waals surface area (Å²) in [6, 6.07) is 13.6. The van der Waals surface area contributed by atoms with Gasteiger partial charge in [-0.1, -0.05) is 18.2 Å². The summed E-state index contributed by atoms with van der Waals surface area (Å²) < 4.78 is 11.0. The number of ether oxygens (including phenoxy) is 1. The molecule has 2 aromatic carbocycles. The number of nitrogens with zero attached hydrogens (tertiary/aromatic N) is 1. The van der Waals surface area contributed by atoms with E-state index in [9.17, 15) is 4.79 Å². The lowest BCUT2D eigenvalue weighted by molar-refractivity contribution is -0.121. The van der Waals surface area contributed by atoms with Crippen molar-refractivity contribution in [3.05, 3.63) is 66.2 Å². The lowest BCUT2D eigenvalue weighted by Gasteiger charge is -2.24. The zero-order valence-electron chi connectivity index (χ0n) is 13.9. The van der Waals surface area contributed by atoms with Crippen LogP contribution in [-0.4, -0.2) is 17.5 Å². The van der Waals surface area contributed by atoms with Crippen LogP contribution >= 0.6 is 0 Å². The first-order valence-corrected chi connectivity index (χ1v) is 8.22. The second-order valence-corrected chi connectivity index (χ2v) is 6.20. The van der Waals surface area contributed by atoms with E-state index >= 15 is 0 Å². The molecule has 1 aromatic heterocycles. The van der Waals surface area contributed by atoms with Crippen molar-refractivity contribution in [3.63, 3.8) is 0 Å². The number of aryl methyl sites for hydroxylation is 1. The van der Waals surface area contributed by atoms with Gasteiger partial charge >= 0.3 is 0 Å². The van der Waals surface area contributed by atoms with E-state index in [0.29, 0.717) is 18.8 Å². The summed E-state index contributed by atoms with van der Waals surface area (Å²) in [5, 5.41) is 2.99. The molecule has 0 bridgehead atoms. The van der Waals surface area contributed by atoms with E-state index in [1.165, 1.54) is 6.39 Å². The maximum atomic E-state index is 12.6. The molecule has 4 rings (SSSR count). The van der Waals surface area contributed by atoms with Crippen LogP contribution < -0.4 is 10.1 Å². The van der Waals surface area contributed by atoms with Crippen molar-refractivity contribution in [2.24, 2.45) is 5.92 Å². The monoisotopic (exact) mass is 334 g/mol. The Morgan fingerprint density at radius 2 is 2.12 bits per heavy atom. The molecule has 2 heterocycles. The Balaban J connectivity index is 1.47. The number of benzene rings is 2. The number of hydrogen-bond acceptors (Lipinski definition) is 4. The van der Waals surface area contributed by atoms with Crippen LogP contribution in [0.4, 0.5) is 5.69 Å². The van der Waals surface area contributed by atoms with E-state index in [-0.39, 0.29) is 11.8 Å². The highest BCUT2D eigenvalue weighted by atomic mass is 16.5. The van der Waals surface area contributed by atoms with Crippen molar-refractivity contribution >= 4 is 11.6 Å². The van der Waals surface area contributed by atoms with Crippen molar-refractivity contribution in [1.29, 1.82) is 0 Å². The molecule has 1 aliphatic rings. The van der Waals surface area contributed by atoms with Gasteiger partial charge < -0.3 is 14.5 Å². The van der Waals surface area contributed by atoms with Crippen LogP contribution in [0.25, 0.3) is 11.3 Å². The molecular formula is C20H18N2O3. The number of rotatable bonds is 3. The van der Waals surface area contributed by atoms with Gasteiger partial charge in [-0.25, -0.2) is 4.98 Å². The van der Waals surface area contributed by atoms with Crippen LogP contribution in [0.15, 0.2) is 59.5 Å². The third kappa shape index (κ3) is 3.13. The number of carbonyl (C=O) groups is 1. The molecule has 25 heavy (non-hydrogen) atoms. The molecule has 5 nitrogen and oxygen atoms in total. The molecule has 126 valence electrons. The minimum atomic E-state index is -0.191. The van der Waals surface area contributed by atoms with Gasteiger partial charge in [0.15, 0.2) is 12.2 Å². The summed E-state index contributed by atoms with van der Waals surface area (Å²) in [6.45, 7) is 2.38. The molecule has 3 aromatic rings. The fourth-order valence-corrected chi connectivity index (χ4v) is 3.11. The number of aromatic nitrogens is 1. The molecule has 0 fully saturated rings. The average Bonchev–Trinajstić information content (AvgIpc) is 3.15. The molecule has 0 saturated heterocycles. The first-order chi connectivity index (χ1) is 12.2. The minimum Gasteiger partial charge on any atom is -0.492 e. The van der Waals surface area contributed by atoms with Crippen molar-refractivity contribution in [2.75, 3.05) is 11.9 Å². The zero-order chi connectivity index (χ0) is 17.2. The van der Waals surface area contributed by atoms with Gasteiger partial charge in [-0.15, -0.1) is 0 Å². The maximum absolute atomic E-state index is 12.6. The van der Waals surface area contributed by atoms with Gasteiger partial charge in [0, 0.05) is 11.3 Å². The van der Waals surface area contributed by atoms with Crippen molar-refractivity contribution in [3.8, 4) is 17.1 Å². The molecule has 1 aliphatic heterocycles. The Morgan fingerprint density at radius 1 is 1.24 bits per heavy atom. The number of nitrogens with one attached hydrogen (secondary N) is 1. The first kappa shape index (κ1) is 15.4. The van der Waals surface area contributed by atoms with Crippen LogP contribution in [0.5, 0.6) is 5.75 Å². The summed E-state index contributed by atoms with van der Waals surface area (Å²) in [5.41, 5.74) is 3.82. The quantitative estimate of drug-likeness (QED) is 0.790. The predicted molar refractivity (Wildman–Crippen MR) is 94.4 cm³/mol. The van der Waals surface area contributed by atoms with Crippen LogP contribution in [-0.2, 0) is 11.2 Å². The van der Waals surface area contributed by atoms with Crippen molar-refractivity contribution in [1.82, 2.24) is 4.98 Å². The SMILES string of the molecule is Cc1cc(NC(=O)[C@H]2COc3ccccc3C2)ccc1-c1cnco1. The molecule has 5 heteroatoms. The van der Waals surface area contributed by atoms with E-state index in [0.717, 1.165) is 28.1 Å². The Hall–Kier alpha value is -3.08. The van der Waals surface area contributed by atoms with Gasteiger partial charge in [0.25, 0.3) is 0 Å². The fourth-order valence-electron chi connectivity index (χ4n) is 3.11. The summed E-state index contributed by atoms with van der Waals surface area (Å²) in [4.78, 5) is 16.5. The Kier molecular flexibility index (Phi) is 3.98. The van der Waals surface area contributed by atoms with E-state index in [4.69, 9.17) is 9.15 Å². The van der Waals surface area contributed by atoms with Gasteiger partial charge in [0.05, 0.1) is 12.1 Å². The Bertz CT molecular complexity index is 903. The van der Waals surface area contributed by atoms with Crippen LogP contribution in [0.3, 0.4) is 0 Å². The summed E-state index contributed by atoms with van der Waals surface area (Å²) >= 11 is 0. The largest absolute Gasteiger partial charge is 0.492 e. The van der Waals surface area contributed by atoms with Crippen molar-refractivity contribution < 1.29 is 13.9 Å². The third-order valence-electron chi connectivity index (χ3n) is 4.44. The van der Waals surface area contributed by atoms with E-state index in [1.807, 2.05) is 49.4 Å². The predicted octanol–water partition coefficient (Wildman–Crippen LogP) is 3.84. The highest BCUT2D eigenvalue weighted by Gasteiger charge is 2.25. The molecule has 0 aliphatic carbocycles. The second-order valence-electron chi connectivity index (χ2n) is 6.20. The van der Waals surface area contributed by atoms with Crippen LogP contribution in [0.1, 0.15) is 11.1 Å². The molecule has 1 atom stereocenters. The van der Waals surface area contributed by atoms with Crippen LogP contribution in [0.2, 0.25) is 0 Å². The molecular weight excluding hydrogens is 316 g/mol. The number of amides is 1.